The zero-order valence-corrected chi connectivity index (χ0v) is 13.7. The van der Waals surface area contributed by atoms with E-state index in [0.29, 0.717) is 23.1 Å². The van der Waals surface area contributed by atoms with Crippen LogP contribution in [0.15, 0.2) is 5.38 Å². The molecule has 9 heteroatoms. The van der Waals surface area contributed by atoms with Crippen LogP contribution in [0.3, 0.4) is 0 Å². The number of carboxylic acid groups (broad SMARTS) is 1. The Kier molecular flexibility index (Phi) is 5.78. The molecular formula is C13H17N3O4S2. The summed E-state index contributed by atoms with van der Waals surface area (Å²) in [5.74, 6) is -0.189. The van der Waals surface area contributed by atoms with Crippen LogP contribution >= 0.6 is 23.1 Å². The maximum atomic E-state index is 12.2. The molecule has 1 atom stereocenters. The van der Waals surface area contributed by atoms with E-state index in [4.69, 9.17) is 5.11 Å². The molecule has 2 rings (SSSR count). The Morgan fingerprint density at radius 2 is 2.27 bits per heavy atom. The number of amides is 2. The summed E-state index contributed by atoms with van der Waals surface area (Å²) >= 11 is 2.74. The van der Waals surface area contributed by atoms with Gasteiger partial charge >= 0.3 is 5.97 Å². The highest BCUT2D eigenvalue weighted by Gasteiger charge is 2.33. The molecule has 0 aromatic carbocycles. The van der Waals surface area contributed by atoms with Gasteiger partial charge in [0.15, 0.2) is 5.69 Å². The van der Waals surface area contributed by atoms with Gasteiger partial charge in [0, 0.05) is 17.6 Å². The van der Waals surface area contributed by atoms with Gasteiger partial charge in [0.05, 0.1) is 12.4 Å². The SMILES string of the molecule is CCCC(=O)N1CSCC1C(=O)NCc1nc(C(=O)O)cs1. The first-order valence-electron chi connectivity index (χ1n) is 6.85. The number of thioether (sulfide) groups is 1. The van der Waals surface area contributed by atoms with E-state index in [-0.39, 0.29) is 24.1 Å². The van der Waals surface area contributed by atoms with Crippen molar-refractivity contribution in [3.8, 4) is 0 Å². The summed E-state index contributed by atoms with van der Waals surface area (Å²) in [4.78, 5) is 40.5. The summed E-state index contributed by atoms with van der Waals surface area (Å²) in [6.45, 7) is 2.10. The maximum absolute atomic E-state index is 12.2. The van der Waals surface area contributed by atoms with E-state index >= 15 is 0 Å². The van der Waals surface area contributed by atoms with Crippen LogP contribution in [-0.4, -0.2) is 50.4 Å². The molecule has 2 heterocycles. The molecule has 2 amide bonds. The van der Waals surface area contributed by atoms with Gasteiger partial charge in [-0.05, 0) is 6.42 Å². The summed E-state index contributed by atoms with van der Waals surface area (Å²) < 4.78 is 0. The van der Waals surface area contributed by atoms with Crippen molar-refractivity contribution >= 4 is 40.9 Å². The van der Waals surface area contributed by atoms with Crippen LogP contribution in [0.5, 0.6) is 0 Å². The molecular weight excluding hydrogens is 326 g/mol. The average Bonchev–Trinajstić information content (AvgIpc) is 3.14. The lowest BCUT2D eigenvalue weighted by atomic mass is 10.2. The predicted molar refractivity (Wildman–Crippen MR) is 83.8 cm³/mol. The average molecular weight is 343 g/mol. The number of hydrogen-bond acceptors (Lipinski definition) is 6. The molecule has 1 fully saturated rings. The number of carbonyl (C=O) groups is 3. The van der Waals surface area contributed by atoms with Crippen LogP contribution in [-0.2, 0) is 16.1 Å². The molecule has 7 nitrogen and oxygen atoms in total. The fraction of sp³-hybridized carbons (Fsp3) is 0.538. The Balaban J connectivity index is 1.90. The first-order valence-corrected chi connectivity index (χ1v) is 8.89. The number of thiazole rings is 1. The second kappa shape index (κ2) is 7.59. The molecule has 1 saturated heterocycles. The monoisotopic (exact) mass is 343 g/mol. The predicted octanol–water partition coefficient (Wildman–Crippen LogP) is 1.16. The number of rotatable bonds is 6. The maximum Gasteiger partial charge on any atom is 0.355 e. The topological polar surface area (TPSA) is 99.6 Å². The molecule has 1 aromatic heterocycles. The molecule has 0 aliphatic carbocycles. The number of aromatic nitrogens is 1. The molecule has 0 bridgehead atoms. The Bertz CT molecular complexity index is 575. The van der Waals surface area contributed by atoms with Crippen LogP contribution in [0, 0.1) is 0 Å². The smallest absolute Gasteiger partial charge is 0.355 e. The summed E-state index contributed by atoms with van der Waals surface area (Å²) in [6.07, 6.45) is 1.20. The zero-order valence-electron chi connectivity index (χ0n) is 12.1. The fourth-order valence-electron chi connectivity index (χ4n) is 2.03. The van der Waals surface area contributed by atoms with E-state index in [1.165, 1.54) is 16.7 Å². The first kappa shape index (κ1) is 16.8. The number of nitrogens with zero attached hydrogens (tertiary/aromatic N) is 2. The van der Waals surface area contributed by atoms with E-state index < -0.39 is 12.0 Å². The minimum atomic E-state index is -1.09. The van der Waals surface area contributed by atoms with Gasteiger partial charge in [0.1, 0.15) is 11.0 Å². The molecule has 1 aliphatic rings. The van der Waals surface area contributed by atoms with Crippen molar-refractivity contribution in [3.05, 3.63) is 16.1 Å². The molecule has 22 heavy (non-hydrogen) atoms. The third-order valence-corrected chi connectivity index (χ3v) is 5.01. The number of nitrogens with one attached hydrogen (secondary N) is 1. The molecule has 2 N–H and O–H groups in total. The van der Waals surface area contributed by atoms with Crippen molar-refractivity contribution in [1.82, 2.24) is 15.2 Å². The van der Waals surface area contributed by atoms with Crippen molar-refractivity contribution in [2.24, 2.45) is 0 Å². The number of carbonyl (C=O) groups excluding carboxylic acids is 2. The molecule has 120 valence electrons. The van der Waals surface area contributed by atoms with E-state index in [1.54, 1.807) is 16.7 Å². The second-order valence-corrected chi connectivity index (χ2v) is 6.72. The molecule has 1 unspecified atom stereocenters. The molecule has 1 aromatic rings. The van der Waals surface area contributed by atoms with E-state index in [2.05, 4.69) is 10.3 Å². The highest BCUT2D eigenvalue weighted by molar-refractivity contribution is 7.99. The van der Waals surface area contributed by atoms with Crippen molar-refractivity contribution < 1.29 is 19.5 Å². The lowest BCUT2D eigenvalue weighted by molar-refractivity contribution is -0.138. The quantitative estimate of drug-likeness (QED) is 0.804. The lowest BCUT2D eigenvalue weighted by Crippen LogP contribution is -2.47. The van der Waals surface area contributed by atoms with Crippen molar-refractivity contribution in [2.45, 2.75) is 32.4 Å². The summed E-state index contributed by atoms with van der Waals surface area (Å²) in [5.41, 5.74) is -0.0228. The van der Waals surface area contributed by atoms with E-state index in [9.17, 15) is 14.4 Å². The summed E-state index contributed by atoms with van der Waals surface area (Å²) in [7, 11) is 0. The third kappa shape index (κ3) is 3.98. The Morgan fingerprint density at radius 1 is 1.50 bits per heavy atom. The molecule has 0 saturated carbocycles. The Morgan fingerprint density at radius 3 is 2.91 bits per heavy atom. The lowest BCUT2D eigenvalue weighted by Gasteiger charge is -2.22. The third-order valence-electron chi connectivity index (χ3n) is 3.15. The highest BCUT2D eigenvalue weighted by atomic mass is 32.2. The van der Waals surface area contributed by atoms with Gasteiger partial charge in [-0.25, -0.2) is 9.78 Å². The number of carboxylic acids is 1. The van der Waals surface area contributed by atoms with E-state index in [1.807, 2.05) is 6.92 Å². The minimum absolute atomic E-state index is 0.00457. The van der Waals surface area contributed by atoms with Gasteiger partial charge in [-0.3, -0.25) is 9.59 Å². The molecule has 0 spiro atoms. The van der Waals surface area contributed by atoms with Crippen LogP contribution in [0.25, 0.3) is 0 Å². The van der Waals surface area contributed by atoms with Gasteiger partial charge in [-0.2, -0.15) is 0 Å². The highest BCUT2D eigenvalue weighted by Crippen LogP contribution is 2.22. The summed E-state index contributed by atoms with van der Waals surface area (Å²) in [5, 5.41) is 13.5. The number of hydrogen-bond donors (Lipinski definition) is 2. The van der Waals surface area contributed by atoms with Crippen molar-refractivity contribution in [3.63, 3.8) is 0 Å². The number of aromatic carboxylic acids is 1. The van der Waals surface area contributed by atoms with Gasteiger partial charge in [0.25, 0.3) is 0 Å². The second-order valence-electron chi connectivity index (χ2n) is 4.78. The largest absolute Gasteiger partial charge is 0.476 e. The first-order chi connectivity index (χ1) is 10.5. The van der Waals surface area contributed by atoms with Crippen LogP contribution < -0.4 is 5.32 Å². The Labute approximate surface area is 136 Å². The normalized spacial score (nSPS) is 17.5. The van der Waals surface area contributed by atoms with E-state index in [0.717, 1.165) is 6.42 Å². The van der Waals surface area contributed by atoms with Crippen molar-refractivity contribution in [2.75, 3.05) is 11.6 Å². The standard InChI is InChI=1S/C13H17N3O4S2/c1-2-3-11(17)16-7-21-6-9(16)12(18)14-4-10-15-8(5-22-10)13(19)20/h5,9H,2-4,6-7H2,1H3,(H,14,18)(H,19,20). The van der Waals surface area contributed by atoms with Gasteiger partial charge < -0.3 is 15.3 Å². The zero-order chi connectivity index (χ0) is 16.1. The van der Waals surface area contributed by atoms with Gasteiger partial charge in [-0.15, -0.1) is 23.1 Å². The van der Waals surface area contributed by atoms with Gasteiger partial charge in [-0.1, -0.05) is 6.92 Å². The minimum Gasteiger partial charge on any atom is -0.476 e. The fourth-order valence-corrected chi connectivity index (χ4v) is 3.92. The van der Waals surface area contributed by atoms with Crippen LogP contribution in [0.4, 0.5) is 0 Å². The van der Waals surface area contributed by atoms with Crippen LogP contribution in [0.1, 0.15) is 35.3 Å². The van der Waals surface area contributed by atoms with Gasteiger partial charge in [0.2, 0.25) is 11.8 Å². The molecule has 1 aliphatic heterocycles. The summed E-state index contributed by atoms with van der Waals surface area (Å²) in [6, 6.07) is -0.456. The van der Waals surface area contributed by atoms with Crippen molar-refractivity contribution in [1.29, 1.82) is 0 Å². The molecule has 0 radical (unpaired) electrons. The Hall–Kier alpha value is -1.61. The van der Waals surface area contributed by atoms with Crippen LogP contribution in [0.2, 0.25) is 0 Å².